The van der Waals surface area contributed by atoms with Gasteiger partial charge in [0.1, 0.15) is 19.3 Å². The minimum absolute atomic E-state index is 0.0243. The molecule has 0 rings (SSSR count). The first-order chi connectivity index (χ1) is 28.6. The van der Waals surface area contributed by atoms with E-state index >= 15 is 0 Å². The summed E-state index contributed by atoms with van der Waals surface area (Å²) >= 11 is 0. The van der Waals surface area contributed by atoms with Crippen LogP contribution in [0.4, 0.5) is 0 Å². The van der Waals surface area contributed by atoms with E-state index in [9.17, 15) is 14.3 Å². The fourth-order valence-corrected chi connectivity index (χ4v) is 7.38. The first kappa shape index (κ1) is 57.5. The second kappa shape index (κ2) is 43.1. The molecule has 0 saturated carbocycles. The number of hydrogen-bond donors (Lipinski definition) is 0. The fourth-order valence-electron chi connectivity index (χ4n) is 6.66. The van der Waals surface area contributed by atoms with Crippen molar-refractivity contribution in [2.24, 2.45) is 0 Å². The van der Waals surface area contributed by atoms with Gasteiger partial charge in [-0.3, -0.25) is 9.36 Å². The predicted octanol–water partition coefficient (Wildman–Crippen LogP) is 14.1. The summed E-state index contributed by atoms with van der Waals surface area (Å²) in [6.45, 7) is 5.32. The van der Waals surface area contributed by atoms with E-state index in [4.69, 9.17) is 18.5 Å². The van der Waals surface area contributed by atoms with E-state index in [0.717, 1.165) is 64.2 Å². The zero-order chi connectivity index (χ0) is 43.4. The van der Waals surface area contributed by atoms with Crippen molar-refractivity contribution in [1.82, 2.24) is 0 Å². The number of ether oxygens (including phenoxy) is 2. The first-order valence-electron chi connectivity index (χ1n) is 24.4. The molecule has 0 aliphatic rings. The largest absolute Gasteiger partial charge is 0.756 e. The van der Waals surface area contributed by atoms with Gasteiger partial charge in [-0.15, -0.1) is 0 Å². The molecule has 0 radical (unpaired) electrons. The summed E-state index contributed by atoms with van der Waals surface area (Å²) < 4.78 is 34.7. The van der Waals surface area contributed by atoms with Crippen LogP contribution in [0.3, 0.4) is 0 Å². The van der Waals surface area contributed by atoms with Gasteiger partial charge in [-0.25, -0.2) is 0 Å². The van der Waals surface area contributed by atoms with Gasteiger partial charge in [0.15, 0.2) is 0 Å². The zero-order valence-electron chi connectivity index (χ0n) is 39.2. The van der Waals surface area contributed by atoms with Crippen LogP contribution in [0, 0.1) is 0 Å². The van der Waals surface area contributed by atoms with Crippen molar-refractivity contribution in [2.75, 3.05) is 54.1 Å². The Morgan fingerprint density at radius 2 is 0.983 bits per heavy atom. The highest BCUT2D eigenvalue weighted by Gasteiger charge is 2.20. The Morgan fingerprint density at radius 3 is 1.47 bits per heavy atom. The van der Waals surface area contributed by atoms with E-state index in [0.29, 0.717) is 24.1 Å². The molecule has 9 heteroatoms. The molecule has 0 heterocycles. The standard InChI is InChI=1S/C50H94NO7P/c1-6-8-10-12-14-16-18-20-22-24-25-26-27-28-29-31-33-35-37-39-41-43-50(52)58-49(48-57-59(53,54)56-46-44-51(3,4)5)47-55-45-42-40-38-36-34-32-30-23-21-19-17-15-13-11-9-7-2/h8,10,14,16,20,22,25-26,49H,6-7,9,11-13,15,17-19,21,23-24,27-48H2,1-5H3/b10-8-,16-14-,22-20-,26-25-. The van der Waals surface area contributed by atoms with Crippen molar-refractivity contribution in [2.45, 2.75) is 213 Å². The molecule has 0 aromatic heterocycles. The molecule has 0 N–H and O–H groups in total. The van der Waals surface area contributed by atoms with Crippen LogP contribution in [-0.2, 0) is 27.9 Å². The van der Waals surface area contributed by atoms with Gasteiger partial charge in [0, 0.05) is 13.0 Å². The third-order valence-electron chi connectivity index (χ3n) is 10.4. The number of rotatable bonds is 45. The lowest BCUT2D eigenvalue weighted by Crippen LogP contribution is -2.37. The van der Waals surface area contributed by atoms with Crippen LogP contribution in [0.2, 0.25) is 0 Å². The van der Waals surface area contributed by atoms with Gasteiger partial charge in [0.25, 0.3) is 7.82 Å². The molecule has 0 amide bonds. The van der Waals surface area contributed by atoms with Crippen LogP contribution in [-0.4, -0.2) is 70.7 Å². The molecule has 0 saturated heterocycles. The summed E-state index contributed by atoms with van der Waals surface area (Å²) in [7, 11) is 1.35. The Hall–Kier alpha value is -1.54. The number of hydrogen-bond acceptors (Lipinski definition) is 7. The van der Waals surface area contributed by atoms with Crippen LogP contribution in [0.1, 0.15) is 206 Å². The summed E-state index contributed by atoms with van der Waals surface area (Å²) in [6.07, 6.45) is 52.6. The third-order valence-corrected chi connectivity index (χ3v) is 11.4. The number of quaternary nitrogens is 1. The second-order valence-electron chi connectivity index (χ2n) is 17.4. The first-order valence-corrected chi connectivity index (χ1v) is 25.8. The Kier molecular flexibility index (Phi) is 42.0. The SMILES string of the molecule is CC/C=C\C/C=C\C/C=C\C/C=C\CCCCCCCCCCC(=O)OC(COCCCCCCCCCCCCCCCCCC)COP(=O)([O-])OCC[N+](C)(C)C. The fraction of sp³-hybridized carbons (Fsp3) is 0.820. The van der Waals surface area contributed by atoms with E-state index in [1.54, 1.807) is 0 Å². The predicted molar refractivity (Wildman–Crippen MR) is 250 cm³/mol. The monoisotopic (exact) mass is 852 g/mol. The molecular weight excluding hydrogens is 758 g/mol. The molecule has 0 bridgehead atoms. The lowest BCUT2D eigenvalue weighted by atomic mass is 10.0. The van der Waals surface area contributed by atoms with Crippen molar-refractivity contribution >= 4 is 13.8 Å². The van der Waals surface area contributed by atoms with Crippen LogP contribution in [0.5, 0.6) is 0 Å². The normalized spacial score (nSPS) is 14.1. The van der Waals surface area contributed by atoms with Crippen LogP contribution in [0.15, 0.2) is 48.6 Å². The van der Waals surface area contributed by atoms with E-state index in [2.05, 4.69) is 62.5 Å². The molecule has 0 aliphatic carbocycles. The molecular formula is C50H94NO7P. The summed E-state index contributed by atoms with van der Waals surface area (Å²) in [5, 5.41) is 0. The maximum absolute atomic E-state index is 12.7. The number of allylic oxidation sites excluding steroid dienone is 8. The molecule has 0 aromatic rings. The molecule has 8 nitrogen and oxygen atoms in total. The summed E-state index contributed by atoms with van der Waals surface area (Å²) in [6, 6.07) is 0. The molecule has 59 heavy (non-hydrogen) atoms. The van der Waals surface area contributed by atoms with Crippen LogP contribution < -0.4 is 4.89 Å². The highest BCUT2D eigenvalue weighted by molar-refractivity contribution is 7.45. The van der Waals surface area contributed by atoms with Crippen molar-refractivity contribution in [1.29, 1.82) is 0 Å². The van der Waals surface area contributed by atoms with Crippen molar-refractivity contribution in [3.05, 3.63) is 48.6 Å². The molecule has 0 aliphatic heterocycles. The highest BCUT2D eigenvalue weighted by atomic mass is 31.2. The minimum Gasteiger partial charge on any atom is -0.756 e. The molecule has 2 atom stereocenters. The number of carbonyl (C=O) groups is 1. The topological polar surface area (TPSA) is 94.1 Å². The summed E-state index contributed by atoms with van der Waals surface area (Å²) in [5.74, 6) is -0.341. The lowest BCUT2D eigenvalue weighted by Gasteiger charge is -2.28. The molecule has 0 fully saturated rings. The number of phosphoric acid groups is 1. The van der Waals surface area contributed by atoms with Gasteiger partial charge >= 0.3 is 5.97 Å². The Morgan fingerprint density at radius 1 is 0.542 bits per heavy atom. The minimum atomic E-state index is -4.53. The number of esters is 1. The van der Waals surface area contributed by atoms with Crippen LogP contribution >= 0.6 is 7.82 Å². The van der Waals surface area contributed by atoms with Crippen LogP contribution in [0.25, 0.3) is 0 Å². The summed E-state index contributed by atoms with van der Waals surface area (Å²) in [4.78, 5) is 25.1. The summed E-state index contributed by atoms with van der Waals surface area (Å²) in [5.41, 5.74) is 0. The van der Waals surface area contributed by atoms with E-state index in [1.807, 2.05) is 21.1 Å². The van der Waals surface area contributed by atoms with Crippen molar-refractivity contribution < 1.29 is 37.3 Å². The average molecular weight is 852 g/mol. The van der Waals surface area contributed by atoms with E-state index in [1.165, 1.54) is 122 Å². The molecule has 346 valence electrons. The number of nitrogens with zero attached hydrogens (tertiary/aromatic N) is 1. The maximum atomic E-state index is 12.7. The Labute approximate surface area is 365 Å². The number of likely N-dealkylation sites (N-methyl/N-ethyl adjacent to an activating group) is 1. The van der Waals surface area contributed by atoms with Gasteiger partial charge in [0.05, 0.1) is 34.4 Å². The van der Waals surface area contributed by atoms with Gasteiger partial charge in [0.2, 0.25) is 0 Å². The molecule has 0 aromatic carbocycles. The Bertz CT molecular complexity index is 1080. The number of carbonyl (C=O) groups excluding carboxylic acids is 1. The third kappa shape index (κ3) is 47.4. The average Bonchev–Trinajstić information content (AvgIpc) is 3.19. The maximum Gasteiger partial charge on any atom is 0.306 e. The lowest BCUT2D eigenvalue weighted by molar-refractivity contribution is -0.870. The van der Waals surface area contributed by atoms with Gasteiger partial charge in [-0.1, -0.05) is 197 Å². The smallest absolute Gasteiger partial charge is 0.306 e. The van der Waals surface area contributed by atoms with Gasteiger partial charge in [-0.2, -0.15) is 0 Å². The second-order valence-corrected chi connectivity index (χ2v) is 18.9. The zero-order valence-corrected chi connectivity index (χ0v) is 40.1. The van der Waals surface area contributed by atoms with E-state index in [-0.39, 0.29) is 25.8 Å². The number of phosphoric ester groups is 1. The number of unbranched alkanes of at least 4 members (excludes halogenated alkanes) is 23. The van der Waals surface area contributed by atoms with E-state index < -0.39 is 13.9 Å². The van der Waals surface area contributed by atoms with Gasteiger partial charge < -0.3 is 27.9 Å². The quantitative estimate of drug-likeness (QED) is 0.0198. The Balaban J connectivity index is 4.18. The highest BCUT2D eigenvalue weighted by Crippen LogP contribution is 2.38. The molecule has 0 spiro atoms. The molecule has 2 unspecified atom stereocenters. The van der Waals surface area contributed by atoms with Gasteiger partial charge in [-0.05, 0) is 51.4 Å². The van der Waals surface area contributed by atoms with Crippen molar-refractivity contribution in [3.63, 3.8) is 0 Å². The van der Waals surface area contributed by atoms with Crippen molar-refractivity contribution in [3.8, 4) is 0 Å².